The maximum absolute atomic E-state index is 5.06. The first-order chi connectivity index (χ1) is 9.86. The molecule has 1 aliphatic carbocycles. The molecule has 0 amide bonds. The van der Waals surface area contributed by atoms with E-state index in [2.05, 4.69) is 39.9 Å². The van der Waals surface area contributed by atoms with Crippen LogP contribution in [0.5, 0.6) is 0 Å². The van der Waals surface area contributed by atoms with E-state index in [1.54, 1.807) is 7.11 Å². The van der Waals surface area contributed by atoms with Gasteiger partial charge in [0, 0.05) is 37.5 Å². The number of ether oxygens (including phenoxy) is 1. The molecule has 1 aromatic heterocycles. The van der Waals surface area contributed by atoms with E-state index in [9.17, 15) is 0 Å². The van der Waals surface area contributed by atoms with Gasteiger partial charge in [0.05, 0.1) is 6.61 Å². The summed E-state index contributed by atoms with van der Waals surface area (Å²) in [6, 6.07) is 0. The summed E-state index contributed by atoms with van der Waals surface area (Å²) in [5, 5.41) is 3.42. The molecule has 0 radical (unpaired) electrons. The first kappa shape index (κ1) is 16.4. The molecule has 1 aliphatic rings. The van der Waals surface area contributed by atoms with Crippen LogP contribution in [0.15, 0.2) is 0 Å². The number of hydrogen-bond donors (Lipinski definition) is 1. The number of aryl methyl sites for hydroxylation is 2. The van der Waals surface area contributed by atoms with Gasteiger partial charge in [0.2, 0.25) is 0 Å². The Morgan fingerprint density at radius 2 is 1.86 bits per heavy atom. The Kier molecular flexibility index (Phi) is 4.99. The van der Waals surface area contributed by atoms with E-state index >= 15 is 0 Å². The zero-order chi connectivity index (χ0) is 15.6. The van der Waals surface area contributed by atoms with Crippen molar-refractivity contribution >= 4 is 0 Å². The predicted molar refractivity (Wildman–Crippen MR) is 85.8 cm³/mol. The predicted octanol–water partition coefficient (Wildman–Crippen LogP) is 2.95. The number of rotatable bonds is 7. The molecule has 2 unspecified atom stereocenters. The van der Waals surface area contributed by atoms with Crippen LogP contribution in [0.4, 0.5) is 0 Å². The highest BCUT2D eigenvalue weighted by Crippen LogP contribution is 2.57. The first-order valence-corrected chi connectivity index (χ1v) is 7.91. The standard InChI is InChI=1S/C17H29N3O/c1-11(10-18-7-8-21-6)15-12(2)19-16(20-13(15)3)14-9-17(14,4)5/h11,14,18H,7-10H2,1-6H3. The highest BCUT2D eigenvalue weighted by molar-refractivity contribution is 5.30. The van der Waals surface area contributed by atoms with E-state index in [1.165, 1.54) is 12.0 Å². The van der Waals surface area contributed by atoms with Crippen LogP contribution in [0.3, 0.4) is 0 Å². The molecule has 0 aliphatic heterocycles. The van der Waals surface area contributed by atoms with E-state index in [-0.39, 0.29) is 0 Å². The molecular weight excluding hydrogens is 262 g/mol. The van der Waals surface area contributed by atoms with Gasteiger partial charge < -0.3 is 10.1 Å². The average molecular weight is 291 g/mol. The molecule has 118 valence electrons. The lowest BCUT2D eigenvalue weighted by Crippen LogP contribution is -2.25. The van der Waals surface area contributed by atoms with E-state index in [4.69, 9.17) is 14.7 Å². The topological polar surface area (TPSA) is 47.0 Å². The quantitative estimate of drug-likeness (QED) is 0.785. The fourth-order valence-corrected chi connectivity index (χ4v) is 3.12. The number of nitrogens with zero attached hydrogens (tertiary/aromatic N) is 2. The van der Waals surface area contributed by atoms with E-state index in [1.807, 2.05) is 0 Å². The molecule has 21 heavy (non-hydrogen) atoms. The highest BCUT2D eigenvalue weighted by atomic mass is 16.5. The molecule has 1 fully saturated rings. The number of methoxy groups -OCH3 is 1. The van der Waals surface area contributed by atoms with E-state index in [0.29, 0.717) is 17.3 Å². The lowest BCUT2D eigenvalue weighted by Gasteiger charge is -2.18. The van der Waals surface area contributed by atoms with Gasteiger partial charge in [0.1, 0.15) is 5.82 Å². The van der Waals surface area contributed by atoms with Crippen molar-refractivity contribution in [3.8, 4) is 0 Å². The molecule has 1 aromatic rings. The van der Waals surface area contributed by atoms with Crippen LogP contribution < -0.4 is 5.32 Å². The summed E-state index contributed by atoms with van der Waals surface area (Å²) >= 11 is 0. The third-order valence-electron chi connectivity index (χ3n) is 4.60. The van der Waals surface area contributed by atoms with Crippen LogP contribution in [-0.2, 0) is 4.74 Å². The van der Waals surface area contributed by atoms with Crippen molar-refractivity contribution < 1.29 is 4.74 Å². The van der Waals surface area contributed by atoms with Crippen LogP contribution in [0, 0.1) is 19.3 Å². The summed E-state index contributed by atoms with van der Waals surface area (Å²) in [4.78, 5) is 9.59. The Morgan fingerprint density at radius 1 is 1.29 bits per heavy atom. The highest BCUT2D eigenvalue weighted by Gasteiger charge is 2.48. The molecule has 0 saturated heterocycles. The Labute approximate surface area is 128 Å². The fourth-order valence-electron chi connectivity index (χ4n) is 3.12. The van der Waals surface area contributed by atoms with Gasteiger partial charge in [-0.3, -0.25) is 0 Å². The summed E-state index contributed by atoms with van der Waals surface area (Å²) in [6.45, 7) is 13.6. The summed E-state index contributed by atoms with van der Waals surface area (Å²) in [6.07, 6.45) is 1.21. The molecule has 1 heterocycles. The van der Waals surface area contributed by atoms with Gasteiger partial charge in [-0.1, -0.05) is 20.8 Å². The fraction of sp³-hybridized carbons (Fsp3) is 0.765. The first-order valence-electron chi connectivity index (χ1n) is 7.91. The normalized spacial score (nSPS) is 21.3. The van der Waals surface area contributed by atoms with Crippen molar-refractivity contribution in [2.45, 2.75) is 52.9 Å². The lowest BCUT2D eigenvalue weighted by atomic mass is 9.97. The van der Waals surface area contributed by atoms with Crippen molar-refractivity contribution in [2.24, 2.45) is 5.41 Å². The van der Waals surface area contributed by atoms with Crippen LogP contribution in [0.25, 0.3) is 0 Å². The van der Waals surface area contributed by atoms with Gasteiger partial charge in [-0.25, -0.2) is 9.97 Å². The molecule has 2 atom stereocenters. The molecule has 0 spiro atoms. The average Bonchev–Trinajstić information content (AvgIpc) is 3.03. The minimum atomic E-state index is 0.383. The number of aromatic nitrogens is 2. The van der Waals surface area contributed by atoms with Crippen LogP contribution in [0.2, 0.25) is 0 Å². The van der Waals surface area contributed by atoms with Crippen molar-refractivity contribution in [1.29, 1.82) is 0 Å². The Hall–Kier alpha value is -1.00. The van der Waals surface area contributed by atoms with Crippen molar-refractivity contribution in [2.75, 3.05) is 26.8 Å². The summed E-state index contributed by atoms with van der Waals surface area (Å²) < 4.78 is 5.06. The maximum atomic E-state index is 5.06. The zero-order valence-corrected chi connectivity index (χ0v) is 14.3. The van der Waals surface area contributed by atoms with Gasteiger partial charge in [0.25, 0.3) is 0 Å². The zero-order valence-electron chi connectivity index (χ0n) is 14.3. The molecule has 0 aromatic carbocycles. The van der Waals surface area contributed by atoms with Gasteiger partial charge >= 0.3 is 0 Å². The van der Waals surface area contributed by atoms with Gasteiger partial charge in [-0.05, 0) is 37.2 Å². The van der Waals surface area contributed by atoms with Gasteiger partial charge in [-0.2, -0.15) is 0 Å². The van der Waals surface area contributed by atoms with Gasteiger partial charge in [-0.15, -0.1) is 0 Å². The smallest absolute Gasteiger partial charge is 0.132 e. The largest absolute Gasteiger partial charge is 0.383 e. The summed E-state index contributed by atoms with van der Waals surface area (Å²) in [5.74, 6) is 2.00. The molecule has 2 rings (SSSR count). The molecule has 4 nitrogen and oxygen atoms in total. The molecule has 4 heteroatoms. The SMILES string of the molecule is COCCNCC(C)c1c(C)nc(C2CC2(C)C)nc1C. The monoisotopic (exact) mass is 291 g/mol. The lowest BCUT2D eigenvalue weighted by molar-refractivity contribution is 0.199. The van der Waals surface area contributed by atoms with Gasteiger partial charge in [0.15, 0.2) is 0 Å². The second-order valence-corrected chi connectivity index (χ2v) is 7.01. The number of hydrogen-bond acceptors (Lipinski definition) is 4. The van der Waals surface area contributed by atoms with Crippen molar-refractivity contribution in [3.63, 3.8) is 0 Å². The number of nitrogens with one attached hydrogen (secondary N) is 1. The Balaban J connectivity index is 2.06. The van der Waals surface area contributed by atoms with E-state index in [0.717, 1.165) is 36.9 Å². The second-order valence-electron chi connectivity index (χ2n) is 7.01. The van der Waals surface area contributed by atoms with Crippen LogP contribution in [0.1, 0.15) is 61.8 Å². The minimum Gasteiger partial charge on any atom is -0.383 e. The van der Waals surface area contributed by atoms with Crippen LogP contribution in [-0.4, -0.2) is 36.8 Å². The summed E-state index contributed by atoms with van der Waals surface area (Å²) in [7, 11) is 1.73. The third kappa shape index (κ3) is 3.80. The van der Waals surface area contributed by atoms with Crippen LogP contribution >= 0.6 is 0 Å². The Morgan fingerprint density at radius 3 is 2.33 bits per heavy atom. The third-order valence-corrected chi connectivity index (χ3v) is 4.60. The second kappa shape index (κ2) is 6.41. The van der Waals surface area contributed by atoms with E-state index < -0.39 is 0 Å². The van der Waals surface area contributed by atoms with Crippen molar-refractivity contribution in [1.82, 2.24) is 15.3 Å². The van der Waals surface area contributed by atoms with Crippen molar-refractivity contribution in [3.05, 3.63) is 22.8 Å². The minimum absolute atomic E-state index is 0.383. The summed E-state index contributed by atoms with van der Waals surface area (Å²) in [5.41, 5.74) is 3.96. The Bertz CT molecular complexity index is 476. The molecule has 1 N–H and O–H groups in total. The molecule has 0 bridgehead atoms. The molecule has 1 saturated carbocycles. The maximum Gasteiger partial charge on any atom is 0.132 e. The molecular formula is C17H29N3O.